The maximum absolute atomic E-state index is 11.1. The Labute approximate surface area is 129 Å². The van der Waals surface area contributed by atoms with Crippen LogP contribution >= 0.6 is 15.9 Å². The largest absolute Gasteiger partial charge is 0.481 e. The summed E-state index contributed by atoms with van der Waals surface area (Å²) in [6, 6.07) is 1.74. The van der Waals surface area contributed by atoms with E-state index in [9.17, 15) is 4.79 Å². The van der Waals surface area contributed by atoms with Crippen molar-refractivity contribution in [3.05, 3.63) is 22.9 Å². The Morgan fingerprint density at radius 2 is 2.14 bits per heavy atom. The highest BCUT2D eigenvalue weighted by molar-refractivity contribution is 9.10. The SMILES string of the molecule is O=C(O)CC1(Cc2nnc(-c3ccoc3Br)o2)CCCC1. The van der Waals surface area contributed by atoms with E-state index in [0.717, 1.165) is 25.7 Å². The molecule has 0 unspecified atom stereocenters. The summed E-state index contributed by atoms with van der Waals surface area (Å²) in [4.78, 5) is 11.1. The van der Waals surface area contributed by atoms with Gasteiger partial charge in [0.05, 0.1) is 18.2 Å². The van der Waals surface area contributed by atoms with Gasteiger partial charge >= 0.3 is 5.97 Å². The molecule has 3 rings (SSSR count). The van der Waals surface area contributed by atoms with Crippen molar-refractivity contribution in [2.75, 3.05) is 0 Å². The van der Waals surface area contributed by atoms with Gasteiger partial charge in [0, 0.05) is 6.42 Å². The Hall–Kier alpha value is -1.63. The lowest BCUT2D eigenvalue weighted by Crippen LogP contribution is -2.23. The molecule has 112 valence electrons. The highest BCUT2D eigenvalue weighted by atomic mass is 79.9. The summed E-state index contributed by atoms with van der Waals surface area (Å²) in [5.41, 5.74) is 0.455. The molecule has 2 aromatic heterocycles. The average Bonchev–Trinajstić information content (AvgIpc) is 3.11. The Balaban J connectivity index is 1.80. The summed E-state index contributed by atoms with van der Waals surface area (Å²) in [6.45, 7) is 0. The first kappa shape index (κ1) is 14.3. The smallest absolute Gasteiger partial charge is 0.303 e. The van der Waals surface area contributed by atoms with E-state index in [2.05, 4.69) is 26.1 Å². The molecular weight excluding hydrogens is 340 g/mol. The molecule has 0 radical (unpaired) electrons. The number of halogens is 1. The second-order valence-electron chi connectivity index (χ2n) is 5.56. The van der Waals surface area contributed by atoms with Crippen LogP contribution in [0.3, 0.4) is 0 Å². The van der Waals surface area contributed by atoms with E-state index >= 15 is 0 Å². The molecule has 21 heavy (non-hydrogen) atoms. The molecule has 0 aliphatic heterocycles. The summed E-state index contributed by atoms with van der Waals surface area (Å²) in [5.74, 6) is 0.101. The zero-order chi connectivity index (χ0) is 14.9. The van der Waals surface area contributed by atoms with E-state index < -0.39 is 5.97 Å². The standard InChI is InChI=1S/C14H15BrN2O4/c15-12-9(3-6-20-12)13-17-16-10(21-13)7-14(8-11(18)19)4-1-2-5-14/h3,6H,1-2,4-5,7-8H2,(H,18,19). The van der Waals surface area contributed by atoms with E-state index in [-0.39, 0.29) is 11.8 Å². The molecular formula is C14H15BrN2O4. The van der Waals surface area contributed by atoms with Gasteiger partial charge in [-0.2, -0.15) is 0 Å². The number of aromatic nitrogens is 2. The van der Waals surface area contributed by atoms with Crippen LogP contribution in [0.5, 0.6) is 0 Å². The van der Waals surface area contributed by atoms with Crippen molar-refractivity contribution in [1.29, 1.82) is 0 Å². The van der Waals surface area contributed by atoms with E-state index in [0.29, 0.717) is 28.4 Å². The number of hydrogen-bond acceptors (Lipinski definition) is 5. The molecule has 0 saturated heterocycles. The summed E-state index contributed by atoms with van der Waals surface area (Å²) in [6.07, 6.45) is 6.11. The van der Waals surface area contributed by atoms with Crippen molar-refractivity contribution in [3.63, 3.8) is 0 Å². The Bertz CT molecular complexity index is 643. The first-order chi connectivity index (χ1) is 10.1. The molecule has 1 saturated carbocycles. The molecule has 2 aromatic rings. The minimum absolute atomic E-state index is 0.153. The lowest BCUT2D eigenvalue weighted by molar-refractivity contribution is -0.139. The number of furan rings is 1. The molecule has 0 atom stereocenters. The molecule has 1 fully saturated rings. The Morgan fingerprint density at radius 3 is 2.76 bits per heavy atom. The molecule has 2 heterocycles. The van der Waals surface area contributed by atoms with Gasteiger partial charge in [0.15, 0.2) is 4.67 Å². The fourth-order valence-electron chi connectivity index (χ4n) is 3.06. The van der Waals surface area contributed by atoms with Crippen LogP contribution in [-0.4, -0.2) is 21.3 Å². The van der Waals surface area contributed by atoms with Gasteiger partial charge in [-0.15, -0.1) is 10.2 Å². The number of carbonyl (C=O) groups is 1. The van der Waals surface area contributed by atoms with Crippen molar-refractivity contribution >= 4 is 21.9 Å². The fraction of sp³-hybridized carbons (Fsp3) is 0.500. The van der Waals surface area contributed by atoms with E-state index in [1.165, 1.54) is 6.26 Å². The van der Waals surface area contributed by atoms with Crippen LogP contribution < -0.4 is 0 Å². The zero-order valence-electron chi connectivity index (χ0n) is 11.3. The highest BCUT2D eigenvalue weighted by Gasteiger charge is 2.38. The maximum atomic E-state index is 11.1. The van der Waals surface area contributed by atoms with Crippen LogP contribution in [-0.2, 0) is 11.2 Å². The first-order valence-electron chi connectivity index (χ1n) is 6.86. The minimum atomic E-state index is -0.769. The van der Waals surface area contributed by atoms with Crippen LogP contribution in [0, 0.1) is 5.41 Å². The highest BCUT2D eigenvalue weighted by Crippen LogP contribution is 2.44. The van der Waals surface area contributed by atoms with Crippen LogP contribution in [0.4, 0.5) is 0 Å². The van der Waals surface area contributed by atoms with Crippen molar-refractivity contribution in [3.8, 4) is 11.5 Å². The third-order valence-electron chi connectivity index (χ3n) is 4.03. The number of carboxylic acids is 1. The number of nitrogens with zero attached hydrogens (tertiary/aromatic N) is 2. The average molecular weight is 355 g/mol. The van der Waals surface area contributed by atoms with Crippen molar-refractivity contribution in [1.82, 2.24) is 10.2 Å². The predicted molar refractivity (Wildman–Crippen MR) is 76.6 cm³/mol. The second-order valence-corrected chi connectivity index (χ2v) is 6.28. The maximum Gasteiger partial charge on any atom is 0.303 e. The summed E-state index contributed by atoms with van der Waals surface area (Å²) in [7, 11) is 0. The van der Waals surface area contributed by atoms with Gasteiger partial charge in [-0.3, -0.25) is 4.79 Å². The van der Waals surface area contributed by atoms with Gasteiger partial charge in [-0.25, -0.2) is 0 Å². The molecule has 0 bridgehead atoms. The normalized spacial score (nSPS) is 17.2. The molecule has 0 spiro atoms. The monoisotopic (exact) mass is 354 g/mol. The molecule has 0 amide bonds. The molecule has 7 heteroatoms. The van der Waals surface area contributed by atoms with E-state index in [1.807, 2.05) is 0 Å². The van der Waals surface area contributed by atoms with E-state index in [4.69, 9.17) is 13.9 Å². The van der Waals surface area contributed by atoms with Crippen LogP contribution in [0.1, 0.15) is 38.0 Å². The fourth-order valence-corrected chi connectivity index (χ4v) is 3.47. The first-order valence-corrected chi connectivity index (χ1v) is 7.65. The minimum Gasteiger partial charge on any atom is -0.481 e. The summed E-state index contributed by atoms with van der Waals surface area (Å²) >= 11 is 3.27. The number of aliphatic carboxylic acids is 1. The lowest BCUT2D eigenvalue weighted by Gasteiger charge is -2.24. The van der Waals surface area contributed by atoms with Gasteiger partial charge in [0.2, 0.25) is 5.89 Å². The lowest BCUT2D eigenvalue weighted by atomic mass is 9.79. The second kappa shape index (κ2) is 5.63. The van der Waals surface area contributed by atoms with Gasteiger partial charge in [-0.1, -0.05) is 12.8 Å². The zero-order valence-corrected chi connectivity index (χ0v) is 12.9. The van der Waals surface area contributed by atoms with Gasteiger partial charge in [-0.05, 0) is 40.3 Å². The van der Waals surface area contributed by atoms with Gasteiger partial charge < -0.3 is 13.9 Å². The quantitative estimate of drug-likeness (QED) is 0.880. The molecule has 1 aliphatic rings. The van der Waals surface area contributed by atoms with Gasteiger partial charge in [0.1, 0.15) is 0 Å². The van der Waals surface area contributed by atoms with Gasteiger partial charge in [0.25, 0.3) is 5.89 Å². The summed E-state index contributed by atoms with van der Waals surface area (Å²) < 4.78 is 11.4. The van der Waals surface area contributed by atoms with Crippen LogP contribution in [0.15, 0.2) is 25.8 Å². The van der Waals surface area contributed by atoms with E-state index in [1.54, 1.807) is 6.07 Å². The molecule has 1 aliphatic carbocycles. The topological polar surface area (TPSA) is 89.4 Å². The van der Waals surface area contributed by atoms with Crippen LogP contribution in [0.25, 0.3) is 11.5 Å². The third kappa shape index (κ3) is 3.02. The Kier molecular flexibility index (Phi) is 3.84. The predicted octanol–water partition coefficient (Wildman–Crippen LogP) is 3.67. The summed E-state index contributed by atoms with van der Waals surface area (Å²) in [5, 5.41) is 17.2. The molecule has 1 N–H and O–H groups in total. The third-order valence-corrected chi connectivity index (χ3v) is 4.65. The number of rotatable bonds is 5. The molecule has 0 aromatic carbocycles. The number of hydrogen-bond donors (Lipinski definition) is 1. The Morgan fingerprint density at radius 1 is 1.38 bits per heavy atom. The van der Waals surface area contributed by atoms with Crippen molar-refractivity contribution < 1.29 is 18.7 Å². The van der Waals surface area contributed by atoms with Crippen molar-refractivity contribution in [2.45, 2.75) is 38.5 Å². The number of carboxylic acid groups (broad SMARTS) is 1. The van der Waals surface area contributed by atoms with Crippen LogP contribution in [0.2, 0.25) is 0 Å². The molecule has 6 nitrogen and oxygen atoms in total. The van der Waals surface area contributed by atoms with Crippen molar-refractivity contribution in [2.24, 2.45) is 5.41 Å².